The van der Waals surface area contributed by atoms with Gasteiger partial charge in [0.1, 0.15) is 5.75 Å². The first kappa shape index (κ1) is 19.8. The first-order valence-electron chi connectivity index (χ1n) is 7.68. The Hall–Kier alpha value is -1.20. The van der Waals surface area contributed by atoms with E-state index in [4.69, 9.17) is 16.0 Å². The van der Waals surface area contributed by atoms with Crippen LogP contribution in [0.25, 0.3) is 0 Å². The summed E-state index contributed by atoms with van der Waals surface area (Å²) in [5, 5.41) is 10.1. The van der Waals surface area contributed by atoms with Gasteiger partial charge in [-0.1, -0.05) is 32.4 Å². The number of halogens is 1. The van der Waals surface area contributed by atoms with Crippen LogP contribution in [0, 0.1) is 0 Å². The van der Waals surface area contributed by atoms with Crippen LogP contribution in [0.4, 0.5) is 10.5 Å². The lowest BCUT2D eigenvalue weighted by Crippen LogP contribution is -2.45. The summed E-state index contributed by atoms with van der Waals surface area (Å²) in [4.78, 5) is 13.0. The SMILES string of the molecule is CC(C)(C)N(C(=O)O)c1ccc(Cl)c(O[Si](C)(C)C(C)(C)C)c1. The van der Waals surface area contributed by atoms with E-state index in [0.29, 0.717) is 16.5 Å². The molecule has 0 unspecified atom stereocenters. The number of hydrogen-bond acceptors (Lipinski definition) is 2. The minimum absolute atomic E-state index is 0.0306. The third kappa shape index (κ3) is 4.64. The van der Waals surface area contributed by atoms with Gasteiger partial charge in [-0.3, -0.25) is 4.90 Å². The van der Waals surface area contributed by atoms with Gasteiger partial charge < -0.3 is 9.53 Å². The topological polar surface area (TPSA) is 49.8 Å². The third-order valence-electron chi connectivity index (χ3n) is 4.21. The number of carboxylic acid groups (broad SMARTS) is 1. The van der Waals surface area contributed by atoms with Crippen LogP contribution < -0.4 is 9.33 Å². The molecule has 0 bridgehead atoms. The average molecular weight is 358 g/mol. The smallest absolute Gasteiger partial charge is 0.412 e. The summed E-state index contributed by atoms with van der Waals surface area (Å²) in [7, 11) is -2.06. The van der Waals surface area contributed by atoms with E-state index < -0.39 is 19.9 Å². The number of rotatable bonds is 3. The van der Waals surface area contributed by atoms with Crippen LogP contribution in [0.1, 0.15) is 41.5 Å². The Morgan fingerprint density at radius 1 is 1.17 bits per heavy atom. The average Bonchev–Trinajstić information content (AvgIpc) is 2.29. The molecule has 1 aromatic rings. The fourth-order valence-electron chi connectivity index (χ4n) is 1.92. The molecule has 0 saturated carbocycles. The predicted molar refractivity (Wildman–Crippen MR) is 99.5 cm³/mol. The van der Waals surface area contributed by atoms with E-state index in [1.54, 1.807) is 18.2 Å². The van der Waals surface area contributed by atoms with E-state index in [1.165, 1.54) is 4.90 Å². The molecule has 0 spiro atoms. The normalized spacial score (nSPS) is 12.9. The number of nitrogens with zero attached hydrogens (tertiary/aromatic N) is 1. The molecular weight excluding hydrogens is 330 g/mol. The molecule has 0 aliphatic heterocycles. The molecule has 0 aliphatic rings. The maximum absolute atomic E-state index is 11.6. The van der Waals surface area contributed by atoms with E-state index in [9.17, 15) is 9.90 Å². The highest BCUT2D eigenvalue weighted by Crippen LogP contribution is 2.40. The van der Waals surface area contributed by atoms with Gasteiger partial charge in [-0.25, -0.2) is 4.79 Å². The highest BCUT2D eigenvalue weighted by atomic mass is 35.5. The molecule has 1 N–H and O–H groups in total. The van der Waals surface area contributed by atoms with Crippen molar-refractivity contribution in [1.29, 1.82) is 0 Å². The van der Waals surface area contributed by atoms with Crippen LogP contribution in [0.15, 0.2) is 18.2 Å². The van der Waals surface area contributed by atoms with Crippen molar-refractivity contribution in [1.82, 2.24) is 0 Å². The lowest BCUT2D eigenvalue weighted by molar-refractivity contribution is 0.195. The fourth-order valence-corrected chi connectivity index (χ4v) is 3.17. The van der Waals surface area contributed by atoms with E-state index >= 15 is 0 Å². The molecular formula is C17H28ClNO3Si. The molecule has 0 heterocycles. The molecule has 0 aliphatic carbocycles. The molecule has 0 aromatic heterocycles. The highest BCUT2D eigenvalue weighted by molar-refractivity contribution is 6.74. The van der Waals surface area contributed by atoms with Gasteiger partial charge in [0.15, 0.2) is 0 Å². The standard InChI is InChI=1S/C17H28ClNO3Si/c1-16(2,3)19(15(20)21)12-9-10-13(18)14(11-12)22-23(7,8)17(4,5)6/h9-11H,1-8H3,(H,20,21). The van der Waals surface area contributed by atoms with Crippen molar-refractivity contribution in [3.8, 4) is 5.75 Å². The highest BCUT2D eigenvalue weighted by Gasteiger charge is 2.39. The molecule has 1 aromatic carbocycles. The molecule has 0 radical (unpaired) electrons. The second kappa shape index (κ2) is 6.36. The number of amides is 1. The van der Waals surface area contributed by atoms with Crippen molar-refractivity contribution in [3.63, 3.8) is 0 Å². The maximum Gasteiger partial charge on any atom is 0.412 e. The second-order valence-corrected chi connectivity index (χ2v) is 13.4. The molecule has 1 amide bonds. The van der Waals surface area contributed by atoms with Gasteiger partial charge in [-0.2, -0.15) is 0 Å². The van der Waals surface area contributed by atoms with Crippen molar-refractivity contribution in [2.75, 3.05) is 4.90 Å². The Morgan fingerprint density at radius 2 is 1.70 bits per heavy atom. The van der Waals surface area contributed by atoms with Crippen LogP contribution in [-0.4, -0.2) is 25.1 Å². The first-order valence-corrected chi connectivity index (χ1v) is 11.0. The summed E-state index contributed by atoms with van der Waals surface area (Å²) in [6.45, 7) is 16.3. The molecule has 0 saturated heterocycles. The third-order valence-corrected chi connectivity index (χ3v) is 8.86. The van der Waals surface area contributed by atoms with Gasteiger partial charge in [-0.15, -0.1) is 0 Å². The lowest BCUT2D eigenvalue weighted by Gasteiger charge is -2.37. The Balaban J connectivity index is 3.31. The number of carbonyl (C=O) groups is 1. The molecule has 0 fully saturated rings. The van der Waals surface area contributed by atoms with Crippen molar-refractivity contribution < 1.29 is 14.3 Å². The largest absolute Gasteiger partial charge is 0.542 e. The molecule has 23 heavy (non-hydrogen) atoms. The van der Waals surface area contributed by atoms with Crippen molar-refractivity contribution in [2.45, 2.75) is 65.2 Å². The van der Waals surface area contributed by atoms with Crippen molar-refractivity contribution in [2.24, 2.45) is 0 Å². The van der Waals surface area contributed by atoms with Gasteiger partial charge in [-0.05, 0) is 51.0 Å². The summed E-state index contributed by atoms with van der Waals surface area (Å²) in [6, 6.07) is 5.13. The Kier molecular flexibility index (Phi) is 5.49. The van der Waals surface area contributed by atoms with Gasteiger partial charge in [0.25, 0.3) is 8.32 Å². The molecule has 130 valence electrons. The van der Waals surface area contributed by atoms with Gasteiger partial charge in [0.2, 0.25) is 0 Å². The van der Waals surface area contributed by atoms with Gasteiger partial charge >= 0.3 is 6.09 Å². The van der Waals surface area contributed by atoms with E-state index in [1.807, 2.05) is 20.8 Å². The maximum atomic E-state index is 11.6. The zero-order chi connectivity index (χ0) is 18.2. The summed E-state index contributed by atoms with van der Waals surface area (Å²) >= 11 is 6.28. The van der Waals surface area contributed by atoms with Crippen LogP contribution in [0.3, 0.4) is 0 Å². The summed E-state index contributed by atoms with van der Waals surface area (Å²) in [5.41, 5.74) is -0.00317. The quantitative estimate of drug-likeness (QED) is 0.674. The van der Waals surface area contributed by atoms with E-state index in [2.05, 4.69) is 33.9 Å². The fraction of sp³-hybridized carbons (Fsp3) is 0.588. The van der Waals surface area contributed by atoms with Crippen LogP contribution >= 0.6 is 11.6 Å². The van der Waals surface area contributed by atoms with Crippen LogP contribution in [0.2, 0.25) is 23.2 Å². The van der Waals surface area contributed by atoms with E-state index in [-0.39, 0.29) is 5.04 Å². The second-order valence-electron chi connectivity index (χ2n) is 8.27. The first-order chi connectivity index (χ1) is 10.2. The molecule has 1 rings (SSSR count). The zero-order valence-corrected chi connectivity index (χ0v) is 17.1. The minimum Gasteiger partial charge on any atom is -0.542 e. The van der Waals surface area contributed by atoms with Crippen LogP contribution in [0.5, 0.6) is 5.75 Å². The number of benzene rings is 1. The Bertz CT molecular complexity index is 588. The summed E-state index contributed by atoms with van der Waals surface area (Å²) in [5.74, 6) is 0.547. The van der Waals surface area contributed by atoms with E-state index in [0.717, 1.165) is 0 Å². The van der Waals surface area contributed by atoms with Crippen LogP contribution in [-0.2, 0) is 0 Å². The number of anilines is 1. The monoisotopic (exact) mass is 357 g/mol. The van der Waals surface area contributed by atoms with Gasteiger partial charge in [0.05, 0.1) is 10.7 Å². The zero-order valence-electron chi connectivity index (χ0n) is 15.3. The minimum atomic E-state index is -2.06. The Labute approximate surface area is 145 Å². The molecule has 0 atom stereocenters. The lowest BCUT2D eigenvalue weighted by atomic mass is 10.1. The molecule has 6 heteroatoms. The summed E-state index contributed by atoms with van der Waals surface area (Å²) < 4.78 is 6.27. The van der Waals surface area contributed by atoms with Crippen molar-refractivity contribution >= 4 is 31.7 Å². The predicted octanol–water partition coefficient (Wildman–Crippen LogP) is 6.01. The summed E-state index contributed by atoms with van der Waals surface area (Å²) in [6.07, 6.45) is -1.00. The van der Waals surface area contributed by atoms with Gasteiger partial charge in [0, 0.05) is 11.6 Å². The Morgan fingerprint density at radius 3 is 2.09 bits per heavy atom. The molecule has 4 nitrogen and oxygen atoms in total. The van der Waals surface area contributed by atoms with Crippen molar-refractivity contribution in [3.05, 3.63) is 23.2 Å². The number of hydrogen-bond donors (Lipinski definition) is 1.